The molecular formula is C22H28N2O10. The van der Waals surface area contributed by atoms with Gasteiger partial charge in [-0.05, 0) is 19.1 Å². The first-order valence-corrected chi connectivity index (χ1v) is 10.4. The Morgan fingerprint density at radius 3 is 1.91 bits per heavy atom. The molecule has 12 nitrogen and oxygen atoms in total. The van der Waals surface area contributed by atoms with Gasteiger partial charge in [0.05, 0.1) is 0 Å². The fraction of sp³-hybridized carbons (Fsp3) is 0.500. The van der Waals surface area contributed by atoms with Crippen LogP contribution in [0.5, 0.6) is 0 Å². The largest absolute Gasteiger partial charge is 0.463 e. The zero-order valence-electron chi connectivity index (χ0n) is 19.5. The quantitative estimate of drug-likeness (QED) is 0.429. The molecule has 1 aromatic rings. The van der Waals surface area contributed by atoms with Crippen LogP contribution >= 0.6 is 0 Å². The molecule has 0 radical (unpaired) electrons. The van der Waals surface area contributed by atoms with Crippen LogP contribution in [0, 0.1) is 6.92 Å². The van der Waals surface area contributed by atoms with Gasteiger partial charge in [-0.2, -0.15) is 0 Å². The third-order valence-electron chi connectivity index (χ3n) is 4.59. The minimum atomic E-state index is -1.46. The van der Waals surface area contributed by atoms with E-state index in [4.69, 9.17) is 23.7 Å². The van der Waals surface area contributed by atoms with Crippen molar-refractivity contribution in [3.05, 3.63) is 29.8 Å². The van der Waals surface area contributed by atoms with Crippen LogP contribution in [0.2, 0.25) is 0 Å². The monoisotopic (exact) mass is 480 g/mol. The zero-order chi connectivity index (χ0) is 25.4. The summed E-state index contributed by atoms with van der Waals surface area (Å²) in [6, 6.07) is 4.92. The maximum absolute atomic E-state index is 12.7. The van der Waals surface area contributed by atoms with Crippen molar-refractivity contribution in [3.63, 3.8) is 0 Å². The number of rotatable bonds is 7. The molecule has 1 aliphatic heterocycles. The van der Waals surface area contributed by atoms with E-state index in [2.05, 4.69) is 10.6 Å². The van der Waals surface area contributed by atoms with Gasteiger partial charge >= 0.3 is 29.9 Å². The molecule has 2 rings (SSSR count). The summed E-state index contributed by atoms with van der Waals surface area (Å²) in [7, 11) is 0. The second kappa shape index (κ2) is 12.0. The van der Waals surface area contributed by atoms with Gasteiger partial charge in [-0.25, -0.2) is 4.79 Å². The first-order valence-electron chi connectivity index (χ1n) is 10.4. The lowest BCUT2D eigenvalue weighted by Crippen LogP contribution is -2.67. The van der Waals surface area contributed by atoms with Gasteiger partial charge in [0.25, 0.3) is 0 Å². The van der Waals surface area contributed by atoms with E-state index in [1.807, 2.05) is 6.92 Å². The van der Waals surface area contributed by atoms with Crippen molar-refractivity contribution in [2.75, 3.05) is 11.9 Å². The van der Waals surface area contributed by atoms with E-state index in [1.165, 1.54) is 0 Å². The molecule has 1 heterocycles. The standard InChI is InChI=1S/C22H28N2O10/c1-11-6-8-16(9-7-11)23-22(29)24-18-20(32-14(4)27)19(31-13(3)26)17(10-30-12(2)25)34-21(18)33-15(5)28/h6-9,17-21H,10H2,1-5H3,(H2,23,24,29)/t17-,18-,19-,20-,21-/m1/s1. The summed E-state index contributed by atoms with van der Waals surface area (Å²) in [6.45, 7) is 6.01. The van der Waals surface area contributed by atoms with Crippen molar-refractivity contribution in [2.24, 2.45) is 0 Å². The molecule has 2 N–H and O–H groups in total. The van der Waals surface area contributed by atoms with Crippen LogP contribution in [0.3, 0.4) is 0 Å². The SMILES string of the molecule is CC(=O)OC[C@H]1O[C@@H](OC(C)=O)[C@H](NC(=O)Nc2ccc(C)cc2)[C@@H](OC(C)=O)[C@@H]1OC(C)=O. The van der Waals surface area contributed by atoms with E-state index in [0.717, 1.165) is 33.3 Å². The second-order valence-electron chi connectivity index (χ2n) is 7.59. The highest BCUT2D eigenvalue weighted by atomic mass is 16.7. The number of carbonyl (C=O) groups excluding carboxylic acids is 5. The van der Waals surface area contributed by atoms with Gasteiger partial charge in [0, 0.05) is 33.4 Å². The minimum absolute atomic E-state index is 0.398. The number of benzene rings is 1. The molecule has 12 heteroatoms. The Morgan fingerprint density at radius 2 is 1.38 bits per heavy atom. The number of anilines is 1. The summed E-state index contributed by atoms with van der Waals surface area (Å²) in [5.41, 5.74) is 1.46. The fourth-order valence-corrected chi connectivity index (χ4v) is 3.28. The molecular weight excluding hydrogens is 452 g/mol. The third-order valence-corrected chi connectivity index (χ3v) is 4.59. The molecule has 1 fully saturated rings. The van der Waals surface area contributed by atoms with E-state index in [9.17, 15) is 24.0 Å². The number of nitrogens with one attached hydrogen (secondary N) is 2. The highest BCUT2D eigenvalue weighted by molar-refractivity contribution is 5.89. The van der Waals surface area contributed by atoms with Gasteiger partial charge in [0.15, 0.2) is 12.2 Å². The molecule has 2 amide bonds. The van der Waals surface area contributed by atoms with Gasteiger partial charge in [-0.15, -0.1) is 0 Å². The molecule has 0 saturated carbocycles. The predicted molar refractivity (Wildman–Crippen MR) is 115 cm³/mol. The number of carbonyl (C=O) groups is 5. The lowest BCUT2D eigenvalue weighted by Gasteiger charge is -2.44. The molecule has 0 aromatic heterocycles. The van der Waals surface area contributed by atoms with Crippen LogP contribution in [0.4, 0.5) is 10.5 Å². The van der Waals surface area contributed by atoms with E-state index in [0.29, 0.717) is 5.69 Å². The summed E-state index contributed by atoms with van der Waals surface area (Å²) >= 11 is 0. The molecule has 0 unspecified atom stereocenters. The van der Waals surface area contributed by atoms with Gasteiger partial charge in [-0.1, -0.05) is 17.7 Å². The molecule has 34 heavy (non-hydrogen) atoms. The lowest BCUT2D eigenvalue weighted by molar-refractivity contribution is -0.270. The number of urea groups is 1. The number of amides is 2. The normalized spacial score (nSPS) is 23.7. The summed E-state index contributed by atoms with van der Waals surface area (Å²) in [5, 5.41) is 5.16. The Labute approximate surface area is 196 Å². The summed E-state index contributed by atoms with van der Waals surface area (Å²) in [5.74, 6) is -2.90. The smallest absolute Gasteiger partial charge is 0.319 e. The van der Waals surface area contributed by atoms with E-state index in [1.54, 1.807) is 24.3 Å². The van der Waals surface area contributed by atoms with Crippen molar-refractivity contribution < 1.29 is 47.7 Å². The van der Waals surface area contributed by atoms with Crippen LogP contribution < -0.4 is 10.6 Å². The molecule has 186 valence electrons. The van der Waals surface area contributed by atoms with E-state index >= 15 is 0 Å². The number of hydrogen-bond donors (Lipinski definition) is 2. The third kappa shape index (κ3) is 8.03. The zero-order valence-corrected chi connectivity index (χ0v) is 19.5. The number of hydrogen-bond acceptors (Lipinski definition) is 10. The average Bonchev–Trinajstić information content (AvgIpc) is 2.71. The van der Waals surface area contributed by atoms with Gasteiger partial charge in [0.1, 0.15) is 18.8 Å². The Hall–Kier alpha value is -3.67. The molecule has 1 aromatic carbocycles. The highest BCUT2D eigenvalue weighted by Crippen LogP contribution is 2.28. The molecule has 1 aliphatic rings. The first-order chi connectivity index (χ1) is 16.0. The van der Waals surface area contributed by atoms with Gasteiger partial charge in [-0.3, -0.25) is 19.2 Å². The van der Waals surface area contributed by atoms with E-state index < -0.39 is 67.2 Å². The summed E-state index contributed by atoms with van der Waals surface area (Å²) in [6.07, 6.45) is -5.27. The number of esters is 4. The fourth-order valence-electron chi connectivity index (χ4n) is 3.28. The average molecular weight is 480 g/mol. The van der Waals surface area contributed by atoms with Crippen molar-refractivity contribution in [1.29, 1.82) is 0 Å². The molecule has 0 spiro atoms. The maximum Gasteiger partial charge on any atom is 0.319 e. The topological polar surface area (TPSA) is 156 Å². The Balaban J connectivity index is 2.37. The lowest BCUT2D eigenvalue weighted by atomic mass is 9.96. The van der Waals surface area contributed by atoms with Crippen molar-refractivity contribution in [3.8, 4) is 0 Å². The highest BCUT2D eigenvalue weighted by Gasteiger charge is 2.52. The predicted octanol–water partition coefficient (Wildman–Crippen LogP) is 1.20. The van der Waals surface area contributed by atoms with Crippen molar-refractivity contribution in [1.82, 2.24) is 5.32 Å². The minimum Gasteiger partial charge on any atom is -0.463 e. The van der Waals surface area contributed by atoms with Crippen molar-refractivity contribution in [2.45, 2.75) is 65.3 Å². The maximum atomic E-state index is 12.7. The Morgan fingerprint density at radius 1 is 0.824 bits per heavy atom. The summed E-state index contributed by atoms with van der Waals surface area (Å²) in [4.78, 5) is 59.4. The Kier molecular flexibility index (Phi) is 9.36. The van der Waals surface area contributed by atoms with Crippen LogP contribution in [-0.2, 0) is 42.9 Å². The van der Waals surface area contributed by atoms with Crippen molar-refractivity contribution >= 4 is 35.6 Å². The van der Waals surface area contributed by atoms with Gasteiger partial charge in [0.2, 0.25) is 6.29 Å². The molecule has 5 atom stereocenters. The number of aryl methyl sites for hydroxylation is 1. The van der Waals surface area contributed by atoms with Crippen LogP contribution in [-0.4, -0.2) is 67.2 Å². The van der Waals surface area contributed by atoms with Gasteiger partial charge < -0.3 is 34.3 Å². The number of ether oxygens (including phenoxy) is 5. The molecule has 1 saturated heterocycles. The Bertz CT molecular complexity index is 917. The summed E-state index contributed by atoms with van der Waals surface area (Å²) < 4.78 is 26.6. The second-order valence-corrected chi connectivity index (χ2v) is 7.59. The molecule has 0 bridgehead atoms. The van der Waals surface area contributed by atoms with E-state index in [-0.39, 0.29) is 0 Å². The van der Waals surface area contributed by atoms with Crippen LogP contribution in [0.25, 0.3) is 0 Å². The molecule has 0 aliphatic carbocycles. The first kappa shape index (κ1) is 26.6. The van der Waals surface area contributed by atoms with Crippen LogP contribution in [0.15, 0.2) is 24.3 Å². The van der Waals surface area contributed by atoms with Crippen LogP contribution in [0.1, 0.15) is 33.3 Å².